The number of urea groups is 1. The number of phenols is 1. The van der Waals surface area contributed by atoms with Crippen LogP contribution in [0, 0.1) is 0 Å². The van der Waals surface area contributed by atoms with Gasteiger partial charge in [-0.05, 0) is 24.1 Å². The standard InChI is InChI=1S/C15H20N2O5/c1-22-12-5-6-17(9-12)15(21)16-13(14(19)20)8-10-3-2-4-11(18)7-10/h2-4,7,12-13,18H,5-6,8-9H2,1H3,(H,16,21)(H,19,20)/t12-,13?/m0/s1. The van der Waals surface area contributed by atoms with Crippen LogP contribution in [0.25, 0.3) is 0 Å². The van der Waals surface area contributed by atoms with Crippen molar-refractivity contribution in [2.75, 3.05) is 20.2 Å². The molecule has 120 valence electrons. The summed E-state index contributed by atoms with van der Waals surface area (Å²) in [4.78, 5) is 25.0. The van der Waals surface area contributed by atoms with Gasteiger partial charge in [0.1, 0.15) is 11.8 Å². The minimum Gasteiger partial charge on any atom is -0.508 e. The Morgan fingerprint density at radius 1 is 1.50 bits per heavy atom. The fourth-order valence-corrected chi connectivity index (χ4v) is 2.46. The highest BCUT2D eigenvalue weighted by Gasteiger charge is 2.29. The van der Waals surface area contributed by atoms with Crippen LogP contribution in [0.3, 0.4) is 0 Å². The molecule has 3 N–H and O–H groups in total. The molecule has 1 aliphatic heterocycles. The topological polar surface area (TPSA) is 99.1 Å². The molecule has 1 heterocycles. The molecule has 1 aromatic carbocycles. The molecule has 1 fully saturated rings. The van der Waals surface area contributed by atoms with Crippen molar-refractivity contribution in [1.82, 2.24) is 10.2 Å². The Morgan fingerprint density at radius 2 is 2.27 bits per heavy atom. The van der Waals surface area contributed by atoms with Crippen LogP contribution in [0.2, 0.25) is 0 Å². The van der Waals surface area contributed by atoms with E-state index in [9.17, 15) is 19.8 Å². The van der Waals surface area contributed by atoms with E-state index in [0.717, 1.165) is 6.42 Å². The number of methoxy groups -OCH3 is 1. The van der Waals surface area contributed by atoms with Gasteiger partial charge in [-0.2, -0.15) is 0 Å². The average Bonchev–Trinajstić information content (AvgIpc) is 2.95. The summed E-state index contributed by atoms with van der Waals surface area (Å²) >= 11 is 0. The number of phenolic OH excluding ortho intramolecular Hbond substituents is 1. The first-order valence-electron chi connectivity index (χ1n) is 7.08. The number of carboxylic acids is 1. The fraction of sp³-hybridized carbons (Fsp3) is 0.467. The van der Waals surface area contributed by atoms with E-state index < -0.39 is 18.0 Å². The molecule has 1 aliphatic rings. The zero-order valence-electron chi connectivity index (χ0n) is 12.4. The van der Waals surface area contributed by atoms with E-state index in [0.29, 0.717) is 18.7 Å². The third-order valence-electron chi connectivity index (χ3n) is 3.71. The summed E-state index contributed by atoms with van der Waals surface area (Å²) in [6, 6.07) is 4.88. The summed E-state index contributed by atoms with van der Waals surface area (Å²) in [6.07, 6.45) is 0.853. The molecule has 2 rings (SSSR count). The van der Waals surface area contributed by atoms with E-state index in [4.69, 9.17) is 4.74 Å². The van der Waals surface area contributed by atoms with Gasteiger partial charge in [-0.3, -0.25) is 0 Å². The Morgan fingerprint density at radius 3 is 2.86 bits per heavy atom. The number of amides is 2. The van der Waals surface area contributed by atoms with Crippen LogP contribution >= 0.6 is 0 Å². The second-order valence-corrected chi connectivity index (χ2v) is 5.31. The van der Waals surface area contributed by atoms with Crippen LogP contribution in [-0.4, -0.2) is 59.5 Å². The largest absolute Gasteiger partial charge is 0.508 e. The van der Waals surface area contributed by atoms with Gasteiger partial charge in [-0.15, -0.1) is 0 Å². The molecule has 0 bridgehead atoms. The molecular formula is C15H20N2O5. The molecule has 0 aliphatic carbocycles. The average molecular weight is 308 g/mol. The lowest BCUT2D eigenvalue weighted by Gasteiger charge is -2.21. The van der Waals surface area contributed by atoms with E-state index in [-0.39, 0.29) is 18.3 Å². The number of carbonyl (C=O) groups is 2. The number of carboxylic acid groups (broad SMARTS) is 1. The molecule has 1 saturated heterocycles. The summed E-state index contributed by atoms with van der Waals surface area (Å²) in [6.45, 7) is 1.00. The molecule has 1 unspecified atom stereocenters. The first kappa shape index (κ1) is 16.1. The highest BCUT2D eigenvalue weighted by atomic mass is 16.5. The molecular weight excluding hydrogens is 288 g/mol. The van der Waals surface area contributed by atoms with E-state index in [1.54, 1.807) is 24.1 Å². The Balaban J connectivity index is 1.97. The van der Waals surface area contributed by atoms with Crippen LogP contribution in [-0.2, 0) is 16.0 Å². The van der Waals surface area contributed by atoms with E-state index >= 15 is 0 Å². The number of carbonyl (C=O) groups excluding carboxylic acids is 1. The SMILES string of the molecule is CO[C@H]1CCN(C(=O)NC(Cc2cccc(O)c2)C(=O)O)C1. The van der Waals surface area contributed by atoms with Gasteiger partial charge in [0.25, 0.3) is 0 Å². The van der Waals surface area contributed by atoms with Crippen molar-refractivity contribution < 1.29 is 24.5 Å². The second-order valence-electron chi connectivity index (χ2n) is 5.31. The Bertz CT molecular complexity index is 548. The van der Waals surface area contributed by atoms with Gasteiger partial charge in [-0.25, -0.2) is 9.59 Å². The maximum Gasteiger partial charge on any atom is 0.326 e. The number of aliphatic carboxylic acids is 1. The van der Waals surface area contributed by atoms with Crippen LogP contribution in [0.15, 0.2) is 24.3 Å². The van der Waals surface area contributed by atoms with E-state index in [1.165, 1.54) is 12.1 Å². The fourth-order valence-electron chi connectivity index (χ4n) is 2.46. The number of ether oxygens (including phenoxy) is 1. The maximum absolute atomic E-state index is 12.1. The number of nitrogens with zero attached hydrogens (tertiary/aromatic N) is 1. The molecule has 2 amide bonds. The van der Waals surface area contributed by atoms with Gasteiger partial charge in [0, 0.05) is 26.6 Å². The lowest BCUT2D eigenvalue weighted by Crippen LogP contribution is -2.48. The summed E-state index contributed by atoms with van der Waals surface area (Å²) < 4.78 is 5.19. The Hall–Kier alpha value is -2.28. The predicted molar refractivity (Wildman–Crippen MR) is 78.8 cm³/mol. The summed E-state index contributed by atoms with van der Waals surface area (Å²) in [5, 5.41) is 21.2. The molecule has 0 spiro atoms. The molecule has 2 atom stereocenters. The van der Waals surface area contributed by atoms with E-state index in [1.807, 2.05) is 0 Å². The highest BCUT2D eigenvalue weighted by molar-refractivity contribution is 5.83. The number of benzene rings is 1. The quantitative estimate of drug-likeness (QED) is 0.748. The molecule has 0 aromatic heterocycles. The van der Waals surface area contributed by atoms with Crippen LogP contribution in [0.4, 0.5) is 4.79 Å². The van der Waals surface area contributed by atoms with Gasteiger partial charge in [0.15, 0.2) is 0 Å². The third-order valence-corrected chi connectivity index (χ3v) is 3.71. The molecule has 22 heavy (non-hydrogen) atoms. The number of hydrogen-bond acceptors (Lipinski definition) is 4. The number of rotatable bonds is 5. The zero-order valence-corrected chi connectivity index (χ0v) is 12.4. The van der Waals surface area contributed by atoms with Crippen LogP contribution in [0.5, 0.6) is 5.75 Å². The van der Waals surface area contributed by atoms with Crippen LogP contribution in [0.1, 0.15) is 12.0 Å². The number of nitrogens with one attached hydrogen (secondary N) is 1. The first-order chi connectivity index (χ1) is 10.5. The molecule has 7 nitrogen and oxygen atoms in total. The molecule has 0 radical (unpaired) electrons. The lowest BCUT2D eigenvalue weighted by atomic mass is 10.1. The minimum atomic E-state index is -1.11. The lowest BCUT2D eigenvalue weighted by molar-refractivity contribution is -0.139. The molecule has 7 heteroatoms. The first-order valence-corrected chi connectivity index (χ1v) is 7.08. The summed E-state index contributed by atoms with van der Waals surface area (Å²) in [5.41, 5.74) is 0.642. The summed E-state index contributed by atoms with van der Waals surface area (Å²) in [7, 11) is 1.59. The normalized spacial score (nSPS) is 19.0. The van der Waals surface area contributed by atoms with Crippen molar-refractivity contribution in [3.8, 4) is 5.75 Å². The third kappa shape index (κ3) is 4.11. The Labute approximate surface area is 128 Å². The second kappa shape index (κ2) is 7.13. The van der Waals surface area contributed by atoms with Crippen LogP contribution < -0.4 is 5.32 Å². The van der Waals surface area contributed by atoms with Crippen molar-refractivity contribution in [2.45, 2.75) is 25.0 Å². The van der Waals surface area contributed by atoms with Gasteiger partial charge in [0.2, 0.25) is 0 Å². The van der Waals surface area contributed by atoms with Crippen molar-refractivity contribution >= 4 is 12.0 Å². The van der Waals surface area contributed by atoms with Gasteiger partial charge in [-0.1, -0.05) is 12.1 Å². The minimum absolute atomic E-state index is 0.0000912. The van der Waals surface area contributed by atoms with Gasteiger partial charge >= 0.3 is 12.0 Å². The molecule has 0 saturated carbocycles. The maximum atomic E-state index is 12.1. The highest BCUT2D eigenvalue weighted by Crippen LogP contribution is 2.14. The van der Waals surface area contributed by atoms with Crippen molar-refractivity contribution in [3.05, 3.63) is 29.8 Å². The van der Waals surface area contributed by atoms with E-state index in [2.05, 4.69) is 5.32 Å². The number of likely N-dealkylation sites (tertiary alicyclic amines) is 1. The summed E-state index contributed by atoms with van der Waals surface area (Å²) in [5.74, 6) is -1.05. The number of aromatic hydroxyl groups is 1. The van der Waals surface area contributed by atoms with Crippen molar-refractivity contribution in [2.24, 2.45) is 0 Å². The van der Waals surface area contributed by atoms with Crippen molar-refractivity contribution in [1.29, 1.82) is 0 Å². The Kier molecular flexibility index (Phi) is 5.21. The monoisotopic (exact) mass is 308 g/mol. The predicted octanol–water partition coefficient (Wildman–Crippen LogP) is 0.818. The van der Waals surface area contributed by atoms with Crippen molar-refractivity contribution in [3.63, 3.8) is 0 Å². The van der Waals surface area contributed by atoms with Gasteiger partial charge < -0.3 is 25.2 Å². The molecule has 1 aromatic rings. The van der Waals surface area contributed by atoms with Gasteiger partial charge in [0.05, 0.1) is 6.10 Å². The smallest absolute Gasteiger partial charge is 0.326 e. The zero-order chi connectivity index (χ0) is 16.1. The number of hydrogen-bond donors (Lipinski definition) is 3.